The molecule has 0 aliphatic carbocycles. The van der Waals surface area contributed by atoms with Crippen LogP contribution in [0.4, 0.5) is 0 Å². The molecule has 0 saturated heterocycles. The highest BCUT2D eigenvalue weighted by Crippen LogP contribution is 2.22. The average molecular weight is 256 g/mol. The SMILES string of the molecule is Cc1cc[c]s1.[c]1ccc(-c2ccccc2)s1. The summed E-state index contributed by atoms with van der Waals surface area (Å²) in [5.41, 5.74) is 1.28. The van der Waals surface area contributed by atoms with Crippen LogP contribution in [0.1, 0.15) is 4.88 Å². The van der Waals surface area contributed by atoms with E-state index in [-0.39, 0.29) is 0 Å². The fourth-order valence-corrected chi connectivity index (χ4v) is 2.42. The van der Waals surface area contributed by atoms with Gasteiger partial charge in [0, 0.05) is 20.5 Å². The Hall–Kier alpha value is -1.38. The molecule has 0 fully saturated rings. The summed E-state index contributed by atoms with van der Waals surface area (Å²) in [6, 6.07) is 18.4. The van der Waals surface area contributed by atoms with Gasteiger partial charge in [0.15, 0.2) is 0 Å². The van der Waals surface area contributed by atoms with Crippen molar-refractivity contribution in [3.8, 4) is 10.4 Å². The molecule has 0 aliphatic rings. The van der Waals surface area contributed by atoms with Crippen LogP contribution >= 0.6 is 22.7 Å². The van der Waals surface area contributed by atoms with Crippen LogP contribution in [0.5, 0.6) is 0 Å². The summed E-state index contributed by atoms with van der Waals surface area (Å²) >= 11 is 3.30. The number of thiophene rings is 2. The Morgan fingerprint density at radius 3 is 2.00 bits per heavy atom. The van der Waals surface area contributed by atoms with Crippen LogP contribution in [0.2, 0.25) is 0 Å². The Morgan fingerprint density at radius 1 is 0.824 bits per heavy atom. The van der Waals surface area contributed by atoms with Gasteiger partial charge in [-0.25, -0.2) is 0 Å². The Kier molecular flexibility index (Phi) is 4.54. The Bertz CT molecular complexity index is 507. The predicted octanol–water partition coefficient (Wildman–Crippen LogP) is 5.07. The highest BCUT2D eigenvalue weighted by molar-refractivity contribution is 7.13. The van der Waals surface area contributed by atoms with Crippen molar-refractivity contribution in [2.24, 2.45) is 0 Å². The summed E-state index contributed by atoms with van der Waals surface area (Å²) in [4.78, 5) is 2.61. The highest BCUT2D eigenvalue weighted by Gasteiger charge is 1.94. The van der Waals surface area contributed by atoms with Crippen molar-refractivity contribution in [3.05, 3.63) is 70.2 Å². The molecular formula is C15H12S2. The zero-order valence-corrected chi connectivity index (χ0v) is 11.1. The fraction of sp³-hybridized carbons (Fsp3) is 0.0667. The van der Waals surface area contributed by atoms with E-state index in [0.29, 0.717) is 0 Å². The standard InChI is InChI=1S/C10H7S.C5H5S/c1-2-5-9(6-3-1)10-7-4-8-11-10;1-5-3-2-4-6-5/h1-7H;2-3H,1H3. The maximum Gasteiger partial charge on any atom is 0.0449 e. The van der Waals surface area contributed by atoms with Crippen LogP contribution in [0.25, 0.3) is 10.4 Å². The molecule has 2 radical (unpaired) electrons. The molecule has 2 aromatic heterocycles. The fourth-order valence-electron chi connectivity index (χ4n) is 1.31. The van der Waals surface area contributed by atoms with E-state index in [1.807, 2.05) is 24.3 Å². The highest BCUT2D eigenvalue weighted by atomic mass is 32.1. The quantitative estimate of drug-likeness (QED) is 0.570. The van der Waals surface area contributed by atoms with E-state index in [0.717, 1.165) is 0 Å². The lowest BCUT2D eigenvalue weighted by molar-refractivity contribution is 1.64. The van der Waals surface area contributed by atoms with Crippen LogP contribution in [-0.2, 0) is 0 Å². The lowest BCUT2D eigenvalue weighted by Gasteiger charge is -1.93. The van der Waals surface area contributed by atoms with Crippen LogP contribution in [0.3, 0.4) is 0 Å². The van der Waals surface area contributed by atoms with E-state index < -0.39 is 0 Å². The first-order valence-electron chi connectivity index (χ1n) is 5.30. The van der Waals surface area contributed by atoms with Crippen LogP contribution < -0.4 is 0 Å². The number of hydrogen-bond donors (Lipinski definition) is 0. The van der Waals surface area contributed by atoms with Crippen molar-refractivity contribution in [2.75, 3.05) is 0 Å². The van der Waals surface area contributed by atoms with Crippen molar-refractivity contribution in [2.45, 2.75) is 6.92 Å². The molecule has 0 aliphatic heterocycles. The average Bonchev–Trinajstić information content (AvgIpc) is 3.03. The van der Waals surface area contributed by atoms with Gasteiger partial charge in [0.05, 0.1) is 0 Å². The first-order chi connectivity index (χ1) is 8.36. The molecule has 0 N–H and O–H groups in total. The van der Waals surface area contributed by atoms with Crippen molar-refractivity contribution in [3.63, 3.8) is 0 Å². The molecule has 17 heavy (non-hydrogen) atoms. The van der Waals surface area contributed by atoms with Gasteiger partial charge >= 0.3 is 0 Å². The van der Waals surface area contributed by atoms with E-state index in [1.54, 1.807) is 22.7 Å². The number of benzene rings is 1. The van der Waals surface area contributed by atoms with Gasteiger partial charge in [0.25, 0.3) is 0 Å². The first kappa shape index (κ1) is 12.1. The van der Waals surface area contributed by atoms with Crippen molar-refractivity contribution < 1.29 is 0 Å². The normalized spacial score (nSPS) is 9.47. The van der Waals surface area contributed by atoms with Gasteiger partial charge in [0.1, 0.15) is 0 Å². The zero-order valence-electron chi connectivity index (χ0n) is 9.51. The van der Waals surface area contributed by atoms with Gasteiger partial charge in [-0.2, -0.15) is 0 Å². The summed E-state index contributed by atoms with van der Waals surface area (Å²) in [7, 11) is 0. The molecule has 0 unspecified atom stereocenters. The van der Waals surface area contributed by atoms with Gasteiger partial charge < -0.3 is 0 Å². The number of hydrogen-bond acceptors (Lipinski definition) is 2. The van der Waals surface area contributed by atoms with Crippen molar-refractivity contribution in [1.82, 2.24) is 0 Å². The Morgan fingerprint density at radius 2 is 1.53 bits per heavy atom. The minimum atomic E-state index is 1.28. The molecule has 2 heterocycles. The van der Waals surface area contributed by atoms with E-state index in [9.17, 15) is 0 Å². The second-order valence-electron chi connectivity index (χ2n) is 3.45. The lowest BCUT2D eigenvalue weighted by Crippen LogP contribution is -1.67. The van der Waals surface area contributed by atoms with Gasteiger partial charge in [-0.15, -0.1) is 22.7 Å². The first-order valence-corrected chi connectivity index (χ1v) is 6.93. The summed E-state index contributed by atoms with van der Waals surface area (Å²) in [5, 5.41) is 6.04. The minimum Gasteiger partial charge on any atom is -0.140 e. The molecular weight excluding hydrogens is 244 g/mol. The number of rotatable bonds is 1. The Labute approximate surface area is 110 Å². The van der Waals surface area contributed by atoms with Crippen LogP contribution in [0.15, 0.2) is 54.6 Å². The second-order valence-corrected chi connectivity index (χ2v) is 5.41. The third-order valence-corrected chi connectivity index (χ3v) is 3.69. The van der Waals surface area contributed by atoms with Gasteiger partial charge in [0.2, 0.25) is 0 Å². The minimum absolute atomic E-state index is 1.28. The number of aryl methyl sites for hydroxylation is 1. The molecule has 0 spiro atoms. The molecule has 0 saturated carbocycles. The van der Waals surface area contributed by atoms with Gasteiger partial charge in [-0.05, 0) is 36.8 Å². The monoisotopic (exact) mass is 256 g/mol. The summed E-state index contributed by atoms with van der Waals surface area (Å²) in [6.45, 7) is 2.07. The summed E-state index contributed by atoms with van der Waals surface area (Å²) in [5.74, 6) is 0. The molecule has 1 aromatic carbocycles. The van der Waals surface area contributed by atoms with Gasteiger partial charge in [-0.1, -0.05) is 30.3 Å². The maximum atomic E-state index is 3.07. The molecule has 2 heteroatoms. The van der Waals surface area contributed by atoms with Crippen LogP contribution in [-0.4, -0.2) is 0 Å². The third kappa shape index (κ3) is 3.84. The van der Waals surface area contributed by atoms with E-state index in [2.05, 4.69) is 48.0 Å². The summed E-state index contributed by atoms with van der Waals surface area (Å²) < 4.78 is 0. The molecule has 0 nitrogen and oxygen atoms in total. The largest absolute Gasteiger partial charge is 0.140 e. The van der Waals surface area contributed by atoms with E-state index in [1.165, 1.54) is 15.3 Å². The molecule has 0 bridgehead atoms. The molecule has 0 amide bonds. The van der Waals surface area contributed by atoms with Crippen molar-refractivity contribution in [1.29, 1.82) is 0 Å². The zero-order chi connectivity index (χ0) is 11.9. The molecule has 3 rings (SSSR count). The molecule has 0 atom stereocenters. The van der Waals surface area contributed by atoms with Gasteiger partial charge in [-0.3, -0.25) is 0 Å². The van der Waals surface area contributed by atoms with Crippen molar-refractivity contribution >= 4 is 22.7 Å². The molecule has 84 valence electrons. The lowest BCUT2D eigenvalue weighted by atomic mass is 10.2. The third-order valence-electron chi connectivity index (χ3n) is 2.14. The maximum absolute atomic E-state index is 3.07. The second kappa shape index (κ2) is 6.38. The van der Waals surface area contributed by atoms with Crippen LogP contribution in [0, 0.1) is 17.7 Å². The van der Waals surface area contributed by atoms with E-state index in [4.69, 9.17) is 0 Å². The summed E-state index contributed by atoms with van der Waals surface area (Å²) in [6.07, 6.45) is 0. The Balaban J connectivity index is 0.000000153. The van der Waals surface area contributed by atoms with E-state index >= 15 is 0 Å². The topological polar surface area (TPSA) is 0 Å². The molecule has 3 aromatic rings. The predicted molar refractivity (Wildman–Crippen MR) is 76.5 cm³/mol. The smallest absolute Gasteiger partial charge is 0.0449 e.